The van der Waals surface area contributed by atoms with Crippen LogP contribution >= 0.6 is 11.3 Å². The average molecular weight is 478 g/mol. The van der Waals surface area contributed by atoms with Crippen LogP contribution in [-0.2, 0) is 19.0 Å². The number of carbonyl (C=O) groups excluding carboxylic acids is 3. The Labute approximate surface area is 198 Å². The van der Waals surface area contributed by atoms with Crippen molar-refractivity contribution in [2.45, 2.75) is 58.8 Å². The van der Waals surface area contributed by atoms with Gasteiger partial charge in [-0.1, -0.05) is 18.2 Å². The zero-order valence-electron chi connectivity index (χ0n) is 20.0. The Bertz CT molecular complexity index is 907. The molecule has 9 nitrogen and oxygen atoms in total. The molecule has 1 heterocycles. The van der Waals surface area contributed by atoms with Gasteiger partial charge in [-0.2, -0.15) is 4.90 Å². The Kier molecular flexibility index (Phi) is 8.43. The number of rotatable bonds is 6. The fraction of sp³-hybridized carbons (Fsp3) is 0.478. The minimum atomic E-state index is -1.37. The average Bonchev–Trinajstić information content (AvgIpc) is 3.22. The molecule has 1 aromatic carbocycles. The standard InChI is InChI=1S/C23H31N3O6S/c1-22(2,3)31-20(28)26(21(29)32-23(4,5)6)17(18(27)30-7)15-25(19-24-13-14-33-19)16-11-9-8-10-12-16/h8-14,17H,15H2,1-7H3. The van der Waals surface area contributed by atoms with E-state index in [1.807, 2.05) is 30.3 Å². The van der Waals surface area contributed by atoms with Crippen molar-refractivity contribution < 1.29 is 28.6 Å². The van der Waals surface area contributed by atoms with E-state index in [4.69, 9.17) is 14.2 Å². The number of esters is 1. The summed E-state index contributed by atoms with van der Waals surface area (Å²) in [5, 5.41) is 2.36. The summed E-state index contributed by atoms with van der Waals surface area (Å²) >= 11 is 1.35. The molecule has 1 aromatic heterocycles. The first-order valence-corrected chi connectivity index (χ1v) is 11.3. The summed E-state index contributed by atoms with van der Waals surface area (Å²) in [5.41, 5.74) is -1.10. The third-order valence-corrected chi connectivity index (χ3v) is 4.83. The number of para-hydroxylation sites is 1. The second kappa shape index (κ2) is 10.7. The molecular weight excluding hydrogens is 446 g/mol. The molecule has 1 unspecified atom stereocenters. The van der Waals surface area contributed by atoms with Gasteiger partial charge < -0.3 is 19.1 Å². The normalized spacial score (nSPS) is 12.5. The maximum atomic E-state index is 13.1. The second-order valence-electron chi connectivity index (χ2n) is 9.13. The summed E-state index contributed by atoms with van der Waals surface area (Å²) < 4.78 is 15.8. The van der Waals surface area contributed by atoms with E-state index in [2.05, 4.69) is 4.98 Å². The van der Waals surface area contributed by atoms with Crippen LogP contribution in [0, 0.1) is 0 Å². The summed E-state index contributed by atoms with van der Waals surface area (Å²) in [5.74, 6) is -0.802. The molecule has 0 spiro atoms. The van der Waals surface area contributed by atoms with Gasteiger partial charge in [-0.25, -0.2) is 19.4 Å². The number of hydrogen-bond donors (Lipinski definition) is 0. The van der Waals surface area contributed by atoms with Crippen molar-refractivity contribution in [2.75, 3.05) is 18.6 Å². The number of thiazole rings is 1. The number of benzene rings is 1. The summed E-state index contributed by atoms with van der Waals surface area (Å²) in [6.07, 6.45) is -0.402. The van der Waals surface area contributed by atoms with Crippen molar-refractivity contribution in [3.8, 4) is 0 Å². The smallest absolute Gasteiger partial charge is 0.420 e. The van der Waals surface area contributed by atoms with E-state index in [1.54, 1.807) is 58.0 Å². The minimum Gasteiger partial charge on any atom is -0.467 e. The Morgan fingerprint density at radius 2 is 1.52 bits per heavy atom. The molecule has 1 atom stereocenters. The number of imide groups is 1. The fourth-order valence-electron chi connectivity index (χ4n) is 2.77. The molecule has 0 aliphatic heterocycles. The van der Waals surface area contributed by atoms with Crippen molar-refractivity contribution in [2.24, 2.45) is 0 Å². The number of hydrogen-bond acceptors (Lipinski definition) is 9. The van der Waals surface area contributed by atoms with Gasteiger partial charge in [0, 0.05) is 17.3 Å². The highest BCUT2D eigenvalue weighted by Gasteiger charge is 2.42. The Morgan fingerprint density at radius 3 is 1.94 bits per heavy atom. The topological polar surface area (TPSA) is 98.3 Å². The molecule has 2 amide bonds. The molecule has 0 saturated heterocycles. The molecular formula is C23H31N3O6S. The largest absolute Gasteiger partial charge is 0.467 e. The lowest BCUT2D eigenvalue weighted by Crippen LogP contribution is -2.55. The Balaban J connectivity index is 2.53. The monoisotopic (exact) mass is 477 g/mol. The molecule has 0 aliphatic carbocycles. The van der Waals surface area contributed by atoms with Crippen LogP contribution in [0.5, 0.6) is 0 Å². The van der Waals surface area contributed by atoms with Crippen molar-refractivity contribution >= 4 is 40.3 Å². The molecule has 0 bridgehead atoms. The summed E-state index contributed by atoms with van der Waals surface area (Å²) in [4.78, 5) is 45.9. The summed E-state index contributed by atoms with van der Waals surface area (Å²) in [7, 11) is 1.19. The summed E-state index contributed by atoms with van der Waals surface area (Å²) in [6, 6.07) is 7.83. The third-order valence-electron chi connectivity index (χ3n) is 4.04. The predicted octanol–water partition coefficient (Wildman–Crippen LogP) is 5.00. The van der Waals surface area contributed by atoms with Crippen LogP contribution in [0.3, 0.4) is 0 Å². The van der Waals surface area contributed by atoms with E-state index in [0.29, 0.717) is 10.0 Å². The van der Waals surface area contributed by atoms with E-state index in [9.17, 15) is 14.4 Å². The second-order valence-corrected chi connectivity index (χ2v) is 10.0. The van der Waals surface area contributed by atoms with E-state index < -0.39 is 35.4 Å². The zero-order valence-corrected chi connectivity index (χ0v) is 20.8. The highest BCUT2D eigenvalue weighted by atomic mass is 32.1. The van der Waals surface area contributed by atoms with Gasteiger partial charge >= 0.3 is 18.2 Å². The quantitative estimate of drug-likeness (QED) is 0.424. The van der Waals surface area contributed by atoms with Gasteiger partial charge in [-0.05, 0) is 53.7 Å². The third kappa shape index (κ3) is 7.74. The SMILES string of the molecule is COC(=O)C(CN(c1ccccc1)c1nccs1)N(C(=O)OC(C)(C)C)C(=O)OC(C)(C)C. The number of ether oxygens (including phenoxy) is 3. The number of anilines is 2. The Morgan fingerprint density at radius 1 is 0.970 bits per heavy atom. The highest BCUT2D eigenvalue weighted by Crippen LogP contribution is 2.29. The van der Waals surface area contributed by atoms with Crippen molar-refractivity contribution in [3.05, 3.63) is 41.9 Å². The molecule has 180 valence electrons. The lowest BCUT2D eigenvalue weighted by atomic mass is 10.2. The molecule has 0 radical (unpaired) electrons. The van der Waals surface area contributed by atoms with Crippen molar-refractivity contribution in [1.29, 1.82) is 0 Å². The van der Waals surface area contributed by atoms with Crippen LogP contribution in [0.25, 0.3) is 0 Å². The highest BCUT2D eigenvalue weighted by molar-refractivity contribution is 7.13. The molecule has 33 heavy (non-hydrogen) atoms. The van der Waals surface area contributed by atoms with Crippen molar-refractivity contribution in [3.63, 3.8) is 0 Å². The van der Waals surface area contributed by atoms with Gasteiger partial charge in [0.15, 0.2) is 11.2 Å². The van der Waals surface area contributed by atoms with E-state index in [0.717, 1.165) is 5.69 Å². The fourth-order valence-corrected chi connectivity index (χ4v) is 3.45. The zero-order chi connectivity index (χ0) is 24.8. The predicted molar refractivity (Wildman–Crippen MR) is 126 cm³/mol. The van der Waals surface area contributed by atoms with Crippen LogP contribution in [0.4, 0.5) is 20.4 Å². The summed E-state index contributed by atoms with van der Waals surface area (Å²) in [6.45, 7) is 9.86. The van der Waals surface area contributed by atoms with Crippen LogP contribution in [0.2, 0.25) is 0 Å². The van der Waals surface area contributed by atoms with Crippen molar-refractivity contribution in [1.82, 2.24) is 9.88 Å². The van der Waals surface area contributed by atoms with E-state index in [1.165, 1.54) is 18.4 Å². The van der Waals surface area contributed by atoms with Crippen LogP contribution < -0.4 is 4.90 Å². The maximum Gasteiger partial charge on any atom is 0.420 e. The lowest BCUT2D eigenvalue weighted by molar-refractivity contribution is -0.146. The van der Waals surface area contributed by atoms with Gasteiger partial charge in [0.2, 0.25) is 0 Å². The van der Waals surface area contributed by atoms with E-state index >= 15 is 0 Å². The number of carbonyl (C=O) groups is 3. The number of methoxy groups -OCH3 is 1. The lowest BCUT2D eigenvalue weighted by Gasteiger charge is -2.34. The molecule has 2 aromatic rings. The number of aromatic nitrogens is 1. The number of nitrogens with zero attached hydrogens (tertiary/aromatic N) is 3. The Hall–Kier alpha value is -3.14. The van der Waals surface area contributed by atoms with Gasteiger partial charge in [0.1, 0.15) is 11.2 Å². The van der Waals surface area contributed by atoms with Gasteiger partial charge in [-0.3, -0.25) is 0 Å². The molecule has 0 aliphatic rings. The molecule has 10 heteroatoms. The molecule has 0 N–H and O–H groups in total. The first kappa shape index (κ1) is 26.1. The first-order valence-electron chi connectivity index (χ1n) is 10.4. The van der Waals surface area contributed by atoms with E-state index in [-0.39, 0.29) is 6.54 Å². The number of amides is 2. The van der Waals surface area contributed by atoms with Gasteiger partial charge in [0.25, 0.3) is 0 Å². The minimum absolute atomic E-state index is 0.122. The molecule has 2 rings (SSSR count). The van der Waals surface area contributed by atoms with Crippen LogP contribution in [0.15, 0.2) is 41.9 Å². The van der Waals surface area contributed by atoms with Crippen LogP contribution in [0.1, 0.15) is 41.5 Å². The van der Waals surface area contributed by atoms with Gasteiger partial charge in [0.05, 0.1) is 13.7 Å². The molecule has 0 fully saturated rings. The first-order chi connectivity index (χ1) is 15.3. The molecule has 0 saturated carbocycles. The maximum absolute atomic E-state index is 13.1. The van der Waals surface area contributed by atoms with Gasteiger partial charge in [-0.15, -0.1) is 11.3 Å². The van der Waals surface area contributed by atoms with Crippen LogP contribution in [-0.4, -0.2) is 58.9 Å².